The van der Waals surface area contributed by atoms with Crippen LogP contribution < -0.4 is 0 Å². The van der Waals surface area contributed by atoms with Crippen molar-refractivity contribution in [3.63, 3.8) is 0 Å². The van der Waals surface area contributed by atoms with Gasteiger partial charge >= 0.3 is 7.25 Å². The SMILES string of the molecule is Cc1cc(O)ccc1C[SH+]Cc1ccccc1.F[B-](F)(F)F. The molecule has 0 unspecified atom stereocenters. The number of phenolic OH excluding ortho intramolecular Hbond substituents is 1. The van der Waals surface area contributed by atoms with Gasteiger partial charge in [-0.05, 0) is 36.4 Å². The highest BCUT2D eigenvalue weighted by molar-refractivity contribution is 7.76. The van der Waals surface area contributed by atoms with Gasteiger partial charge in [0.2, 0.25) is 0 Å². The van der Waals surface area contributed by atoms with Crippen LogP contribution in [0.3, 0.4) is 0 Å². The molecule has 7 heteroatoms. The van der Waals surface area contributed by atoms with Gasteiger partial charge in [-0.15, -0.1) is 0 Å². The zero-order valence-corrected chi connectivity index (χ0v) is 12.9. The van der Waals surface area contributed by atoms with Crippen LogP contribution in [0.25, 0.3) is 0 Å². The van der Waals surface area contributed by atoms with Gasteiger partial charge in [0.05, 0.1) is 0 Å². The Morgan fingerprint density at radius 1 is 0.955 bits per heavy atom. The Morgan fingerprint density at radius 2 is 1.55 bits per heavy atom. The zero-order chi connectivity index (χ0) is 16.6. The number of phenols is 1. The molecule has 2 aromatic rings. The van der Waals surface area contributed by atoms with E-state index >= 15 is 0 Å². The third-order valence-electron chi connectivity index (χ3n) is 2.75. The molecular formula is C15H17BF4OS. The first-order valence-corrected chi connectivity index (χ1v) is 7.85. The standard InChI is InChI=1S/C15H16OS.BF4/c1-12-9-15(16)8-7-14(12)11-17-10-13-5-3-2-4-6-13;2-1(3,4)5/h2-9,16H,10-11H2,1H3;/q;-1/p+1. The molecular weight excluding hydrogens is 315 g/mol. The molecule has 0 bridgehead atoms. The van der Waals surface area contributed by atoms with Crippen molar-refractivity contribution >= 4 is 19.0 Å². The summed E-state index contributed by atoms with van der Waals surface area (Å²) in [6.45, 7) is 2.05. The Labute approximate surface area is 131 Å². The smallest absolute Gasteiger partial charge is 0.508 e. The van der Waals surface area contributed by atoms with Crippen molar-refractivity contribution in [1.82, 2.24) is 0 Å². The fourth-order valence-electron chi connectivity index (χ4n) is 1.75. The predicted octanol–water partition coefficient (Wildman–Crippen LogP) is 4.52. The van der Waals surface area contributed by atoms with E-state index in [2.05, 4.69) is 24.3 Å². The summed E-state index contributed by atoms with van der Waals surface area (Å²) in [4.78, 5) is 0. The quantitative estimate of drug-likeness (QED) is 0.378. The van der Waals surface area contributed by atoms with Crippen molar-refractivity contribution < 1.29 is 22.4 Å². The molecule has 1 nitrogen and oxygen atoms in total. The lowest BCUT2D eigenvalue weighted by molar-refractivity contribution is 0.368. The maximum absolute atomic E-state index is 9.75. The van der Waals surface area contributed by atoms with Crippen LogP contribution in [0.15, 0.2) is 48.5 Å². The minimum atomic E-state index is -6.00. The van der Waals surface area contributed by atoms with Crippen molar-refractivity contribution in [2.75, 3.05) is 0 Å². The molecule has 0 atom stereocenters. The number of thiol groups is 1. The summed E-state index contributed by atoms with van der Waals surface area (Å²) in [6, 6.07) is 16.1. The number of rotatable bonds is 4. The molecule has 0 fully saturated rings. The van der Waals surface area contributed by atoms with E-state index in [1.165, 1.54) is 28.5 Å². The van der Waals surface area contributed by atoms with E-state index in [0.29, 0.717) is 5.75 Å². The van der Waals surface area contributed by atoms with E-state index in [-0.39, 0.29) is 0 Å². The van der Waals surface area contributed by atoms with E-state index in [0.717, 1.165) is 11.5 Å². The largest absolute Gasteiger partial charge is 0.673 e. The molecule has 0 aliphatic carbocycles. The first-order valence-electron chi connectivity index (χ1n) is 6.58. The molecule has 0 aliphatic rings. The molecule has 0 spiro atoms. The van der Waals surface area contributed by atoms with Crippen molar-refractivity contribution in [2.45, 2.75) is 18.4 Å². The van der Waals surface area contributed by atoms with Crippen molar-refractivity contribution in [3.8, 4) is 5.75 Å². The van der Waals surface area contributed by atoms with Crippen molar-refractivity contribution in [2.24, 2.45) is 0 Å². The second-order valence-electron chi connectivity index (χ2n) is 4.63. The van der Waals surface area contributed by atoms with Gasteiger partial charge in [-0.3, -0.25) is 0 Å². The van der Waals surface area contributed by atoms with Crippen LogP contribution >= 0.6 is 0 Å². The number of benzene rings is 2. The lowest BCUT2D eigenvalue weighted by atomic mass is 10.1. The third kappa shape index (κ3) is 8.62. The average molecular weight is 332 g/mol. The number of hydrogen-bond acceptors (Lipinski definition) is 1. The normalized spacial score (nSPS) is 10.8. The Balaban J connectivity index is 0.000000422. The molecule has 0 heterocycles. The number of aromatic hydroxyl groups is 1. The average Bonchev–Trinajstić information content (AvgIpc) is 2.41. The highest BCUT2D eigenvalue weighted by Gasteiger charge is 2.20. The lowest BCUT2D eigenvalue weighted by Crippen LogP contribution is -2.02. The molecule has 120 valence electrons. The molecule has 1 N–H and O–H groups in total. The van der Waals surface area contributed by atoms with Crippen LogP contribution in [0.2, 0.25) is 0 Å². The molecule has 0 aliphatic heterocycles. The highest BCUT2D eigenvalue weighted by atomic mass is 32.2. The van der Waals surface area contributed by atoms with Crippen LogP contribution in [0.4, 0.5) is 17.3 Å². The van der Waals surface area contributed by atoms with Crippen LogP contribution in [-0.4, -0.2) is 12.4 Å². The van der Waals surface area contributed by atoms with Gasteiger partial charge in [0.25, 0.3) is 0 Å². The Kier molecular flexibility index (Phi) is 7.31. The molecule has 0 saturated carbocycles. The highest BCUT2D eigenvalue weighted by Crippen LogP contribution is 2.17. The van der Waals surface area contributed by atoms with Gasteiger partial charge in [-0.2, -0.15) is 0 Å². The monoisotopic (exact) mass is 332 g/mol. The summed E-state index contributed by atoms with van der Waals surface area (Å²) in [5.74, 6) is 2.48. The third-order valence-corrected chi connectivity index (χ3v) is 3.90. The molecule has 0 aromatic heterocycles. The van der Waals surface area contributed by atoms with Crippen LogP contribution in [0, 0.1) is 6.92 Å². The van der Waals surface area contributed by atoms with Crippen LogP contribution in [-0.2, 0) is 23.3 Å². The van der Waals surface area contributed by atoms with E-state index in [1.807, 2.05) is 25.1 Å². The Morgan fingerprint density at radius 3 is 2.09 bits per heavy atom. The van der Waals surface area contributed by atoms with Gasteiger partial charge in [-0.25, -0.2) is 0 Å². The van der Waals surface area contributed by atoms with Crippen LogP contribution in [0.5, 0.6) is 5.75 Å². The second kappa shape index (κ2) is 8.73. The number of hydrogen-bond donors (Lipinski definition) is 1. The molecule has 0 radical (unpaired) electrons. The van der Waals surface area contributed by atoms with Gasteiger partial charge in [0.1, 0.15) is 17.3 Å². The maximum Gasteiger partial charge on any atom is 0.673 e. The van der Waals surface area contributed by atoms with E-state index in [1.54, 1.807) is 6.07 Å². The van der Waals surface area contributed by atoms with Crippen molar-refractivity contribution in [1.29, 1.82) is 0 Å². The Hall–Kier alpha value is -1.63. The van der Waals surface area contributed by atoms with E-state index in [9.17, 15) is 22.4 Å². The van der Waals surface area contributed by atoms with Crippen molar-refractivity contribution in [3.05, 3.63) is 65.2 Å². The molecule has 0 amide bonds. The summed E-state index contributed by atoms with van der Waals surface area (Å²) in [6.07, 6.45) is 0. The number of aryl methyl sites for hydroxylation is 1. The predicted molar refractivity (Wildman–Crippen MR) is 85.6 cm³/mol. The fraction of sp³-hybridized carbons (Fsp3) is 0.200. The summed E-state index contributed by atoms with van der Waals surface area (Å²) < 4.78 is 39.0. The summed E-state index contributed by atoms with van der Waals surface area (Å²) in [5, 5.41) is 9.34. The summed E-state index contributed by atoms with van der Waals surface area (Å²) in [7, 11) is -6.00. The number of halogens is 4. The van der Waals surface area contributed by atoms with Gasteiger partial charge < -0.3 is 22.4 Å². The van der Waals surface area contributed by atoms with Gasteiger partial charge in [-0.1, -0.05) is 36.4 Å². The fourth-order valence-corrected chi connectivity index (χ4v) is 2.92. The topological polar surface area (TPSA) is 20.2 Å². The van der Waals surface area contributed by atoms with E-state index in [4.69, 9.17) is 0 Å². The van der Waals surface area contributed by atoms with E-state index < -0.39 is 7.25 Å². The second-order valence-corrected chi connectivity index (χ2v) is 5.71. The van der Waals surface area contributed by atoms with Gasteiger partial charge in [0, 0.05) is 11.1 Å². The molecule has 22 heavy (non-hydrogen) atoms. The lowest BCUT2D eigenvalue weighted by Gasteiger charge is -2.02. The van der Waals surface area contributed by atoms with Crippen LogP contribution in [0.1, 0.15) is 16.7 Å². The molecule has 0 saturated heterocycles. The summed E-state index contributed by atoms with van der Waals surface area (Å²) >= 11 is 1.40. The first kappa shape index (κ1) is 18.4. The molecule has 2 rings (SSSR count). The molecule has 2 aromatic carbocycles. The maximum atomic E-state index is 9.75. The van der Waals surface area contributed by atoms with Gasteiger partial charge in [0.15, 0.2) is 0 Å². The minimum Gasteiger partial charge on any atom is -0.508 e. The zero-order valence-electron chi connectivity index (χ0n) is 12.0. The summed E-state index contributed by atoms with van der Waals surface area (Å²) in [5.41, 5.74) is 3.87. The Bertz CT molecular complexity index is 570. The first-order chi connectivity index (χ1) is 10.3. The minimum absolute atomic E-state index is 0.353.